The molecule has 4 aromatic rings. The molecule has 0 saturated carbocycles. The van der Waals surface area contributed by atoms with Crippen molar-refractivity contribution in [3.05, 3.63) is 73.4 Å². The summed E-state index contributed by atoms with van der Waals surface area (Å²) < 4.78 is 33.9. The Morgan fingerprint density at radius 1 is 1.24 bits per heavy atom. The second-order valence-electron chi connectivity index (χ2n) is 10.1. The number of carboxylic acid groups (broad SMARTS) is 1. The van der Waals surface area contributed by atoms with Gasteiger partial charge in [0.1, 0.15) is 18.2 Å². The number of sulfonamides is 1. The van der Waals surface area contributed by atoms with E-state index >= 15 is 0 Å². The van der Waals surface area contributed by atoms with E-state index in [1.54, 1.807) is 49.0 Å². The number of benzene rings is 1. The minimum Gasteiger partial charge on any atom is -0.491 e. The number of fused-ring (bicyclic) bond motifs is 2. The quantitative estimate of drug-likeness (QED) is 0.310. The van der Waals surface area contributed by atoms with Crippen LogP contribution in [0.1, 0.15) is 39.6 Å². The first-order valence-corrected chi connectivity index (χ1v) is 16.0. The Bertz CT molecular complexity index is 1850. The topological polar surface area (TPSA) is 132 Å². The molecule has 1 aliphatic carbocycles. The molecule has 3 aromatic heterocycles. The van der Waals surface area contributed by atoms with Gasteiger partial charge in [-0.2, -0.15) is 0 Å². The predicted molar refractivity (Wildman–Crippen MR) is 159 cm³/mol. The number of rotatable bonds is 8. The normalized spacial score (nSPS) is 15.3. The molecule has 41 heavy (non-hydrogen) atoms. The third-order valence-electron chi connectivity index (χ3n) is 7.42. The zero-order chi connectivity index (χ0) is 29.6. The lowest BCUT2D eigenvalue weighted by molar-refractivity contribution is 0.0699. The van der Waals surface area contributed by atoms with Crippen LogP contribution in [0.4, 0.5) is 0 Å². The molecular weight excluding hydrogens is 588 g/mol. The fraction of sp³-hybridized carbons (Fsp3) is 0.357. The summed E-state index contributed by atoms with van der Waals surface area (Å²) >= 11 is 7.65. The number of carboxylic acids is 1. The van der Waals surface area contributed by atoms with Crippen LogP contribution in [0.3, 0.4) is 0 Å². The zero-order valence-electron chi connectivity index (χ0n) is 23.0. The lowest BCUT2D eigenvalue weighted by Crippen LogP contribution is -2.43. The van der Waals surface area contributed by atoms with Crippen molar-refractivity contribution < 1.29 is 23.1 Å². The maximum absolute atomic E-state index is 13.5. The van der Waals surface area contributed by atoms with Gasteiger partial charge < -0.3 is 9.84 Å². The van der Waals surface area contributed by atoms with Crippen molar-refractivity contribution in [1.29, 1.82) is 0 Å². The number of hydrogen-bond acceptors (Lipinski definition) is 8. The molecular formula is C28H29ClN4O6S2. The molecule has 1 N–H and O–H groups in total. The smallest absolute Gasteiger partial charge is 0.338 e. The maximum atomic E-state index is 13.5. The van der Waals surface area contributed by atoms with Gasteiger partial charge in [0, 0.05) is 45.9 Å². The number of pyridine rings is 1. The van der Waals surface area contributed by atoms with Crippen LogP contribution in [0.5, 0.6) is 5.75 Å². The maximum Gasteiger partial charge on any atom is 0.338 e. The Morgan fingerprint density at radius 2 is 2.00 bits per heavy atom. The molecule has 0 saturated heterocycles. The van der Waals surface area contributed by atoms with Gasteiger partial charge in [-0.15, -0.1) is 11.3 Å². The Kier molecular flexibility index (Phi) is 7.94. The molecule has 3 heterocycles. The van der Waals surface area contributed by atoms with Crippen LogP contribution < -0.4 is 10.3 Å². The molecule has 216 valence electrons. The van der Waals surface area contributed by atoms with Crippen molar-refractivity contribution >= 4 is 49.1 Å². The van der Waals surface area contributed by atoms with Crippen molar-refractivity contribution in [1.82, 2.24) is 18.8 Å². The van der Waals surface area contributed by atoms with Crippen LogP contribution in [0.2, 0.25) is 5.02 Å². The largest absolute Gasteiger partial charge is 0.491 e. The number of carbonyl (C=O) groups is 1. The summed E-state index contributed by atoms with van der Waals surface area (Å²) in [4.78, 5) is 34.3. The van der Waals surface area contributed by atoms with Crippen LogP contribution in [-0.4, -0.2) is 64.3 Å². The number of nitrogens with zero attached hydrogens (tertiary/aromatic N) is 4. The van der Waals surface area contributed by atoms with E-state index in [9.17, 15) is 23.1 Å². The number of aromatic carboxylic acids is 1. The molecule has 1 unspecified atom stereocenters. The lowest BCUT2D eigenvalue weighted by atomic mass is 9.92. The van der Waals surface area contributed by atoms with Crippen molar-refractivity contribution in [3.8, 4) is 16.9 Å². The molecule has 0 bridgehead atoms. The molecule has 5 rings (SSSR count). The van der Waals surface area contributed by atoms with E-state index in [1.165, 1.54) is 21.9 Å². The summed E-state index contributed by atoms with van der Waals surface area (Å²) in [5.74, 6) is 0.0458. The van der Waals surface area contributed by atoms with Crippen molar-refractivity contribution in [3.63, 3.8) is 0 Å². The Balaban J connectivity index is 1.43. The molecule has 0 fully saturated rings. The monoisotopic (exact) mass is 616 g/mol. The van der Waals surface area contributed by atoms with Crippen LogP contribution in [0, 0.1) is 13.8 Å². The van der Waals surface area contributed by atoms with Gasteiger partial charge in [0.2, 0.25) is 10.0 Å². The van der Waals surface area contributed by atoms with E-state index in [4.69, 9.17) is 16.3 Å². The molecule has 0 radical (unpaired) electrons. The molecule has 0 aliphatic heterocycles. The van der Waals surface area contributed by atoms with Gasteiger partial charge in [0.05, 0.1) is 34.3 Å². The number of likely N-dealkylation sites (N-methyl/N-ethyl adjacent to an activating group) is 1. The van der Waals surface area contributed by atoms with Gasteiger partial charge in [0.15, 0.2) is 0 Å². The second-order valence-corrected chi connectivity index (χ2v) is 13.5. The third kappa shape index (κ3) is 5.74. The van der Waals surface area contributed by atoms with Crippen molar-refractivity contribution in [2.24, 2.45) is 0 Å². The van der Waals surface area contributed by atoms with E-state index in [-0.39, 0.29) is 30.3 Å². The summed E-state index contributed by atoms with van der Waals surface area (Å²) in [7, 11) is -1.85. The van der Waals surface area contributed by atoms with Gasteiger partial charge >= 0.3 is 5.97 Å². The average molecular weight is 617 g/mol. The van der Waals surface area contributed by atoms with Crippen molar-refractivity contribution in [2.45, 2.75) is 45.7 Å². The summed E-state index contributed by atoms with van der Waals surface area (Å²) in [6, 6.07) is 6.79. The summed E-state index contributed by atoms with van der Waals surface area (Å²) in [5, 5.41) is 11.7. The highest BCUT2D eigenvalue weighted by Crippen LogP contribution is 2.40. The average Bonchev–Trinajstić information content (AvgIpc) is 3.34. The second kappa shape index (κ2) is 11.2. The molecule has 13 heteroatoms. The lowest BCUT2D eigenvalue weighted by Gasteiger charge is -2.30. The van der Waals surface area contributed by atoms with Gasteiger partial charge in [-0.1, -0.05) is 11.6 Å². The first-order valence-electron chi connectivity index (χ1n) is 12.9. The van der Waals surface area contributed by atoms with Crippen LogP contribution in [0.15, 0.2) is 34.4 Å². The number of ether oxygens (including phenoxy) is 1. The highest BCUT2D eigenvalue weighted by Gasteiger charge is 2.30. The predicted octanol–water partition coefficient (Wildman–Crippen LogP) is 4.32. The van der Waals surface area contributed by atoms with Gasteiger partial charge in [-0.25, -0.2) is 22.5 Å². The Morgan fingerprint density at radius 3 is 2.71 bits per heavy atom. The minimum atomic E-state index is -3.39. The molecule has 1 atom stereocenters. The van der Waals surface area contributed by atoms with Crippen molar-refractivity contribution in [2.75, 3.05) is 19.9 Å². The fourth-order valence-electron chi connectivity index (χ4n) is 5.23. The van der Waals surface area contributed by atoms with E-state index in [1.807, 2.05) is 6.07 Å². The van der Waals surface area contributed by atoms with E-state index in [0.29, 0.717) is 62.9 Å². The molecule has 0 spiro atoms. The van der Waals surface area contributed by atoms with Crippen LogP contribution >= 0.6 is 22.9 Å². The number of aromatic nitrogens is 3. The number of halogens is 1. The van der Waals surface area contributed by atoms with Gasteiger partial charge in [-0.05, 0) is 57.4 Å². The Labute approximate surface area is 246 Å². The first kappa shape index (κ1) is 29.2. The van der Waals surface area contributed by atoms with Crippen LogP contribution in [-0.2, 0) is 29.4 Å². The number of thiophene rings is 1. The standard InChI is InChI=1S/C28H29ClN4O6S2/c1-15-11-20(26-25(30-15)22(14-40-26)28(35)36)19-12-17(29)5-8-24(19)39-10-9-33-16(2)31-23-7-6-18(13-21(23)27(33)34)32(3)41(4,37)38/h5,8,11-12,14,18H,6-7,9-10,13H2,1-4H3,(H,35,36). The molecule has 1 aromatic carbocycles. The summed E-state index contributed by atoms with van der Waals surface area (Å²) in [6.45, 7) is 3.96. The highest BCUT2D eigenvalue weighted by atomic mass is 35.5. The fourth-order valence-corrected chi connectivity index (χ4v) is 7.13. The number of aryl methyl sites for hydroxylation is 3. The summed E-state index contributed by atoms with van der Waals surface area (Å²) in [5.41, 5.74) is 3.71. The molecule has 1 aliphatic rings. The van der Waals surface area contributed by atoms with Gasteiger partial charge in [-0.3, -0.25) is 14.3 Å². The van der Waals surface area contributed by atoms with E-state index < -0.39 is 16.0 Å². The summed E-state index contributed by atoms with van der Waals surface area (Å²) in [6.07, 6.45) is 2.62. The van der Waals surface area contributed by atoms with E-state index in [2.05, 4.69) is 9.97 Å². The minimum absolute atomic E-state index is 0.138. The van der Waals surface area contributed by atoms with Crippen LogP contribution in [0.25, 0.3) is 21.3 Å². The van der Waals surface area contributed by atoms with E-state index in [0.717, 1.165) is 11.3 Å². The zero-order valence-corrected chi connectivity index (χ0v) is 25.4. The molecule has 10 nitrogen and oxygen atoms in total. The van der Waals surface area contributed by atoms with Gasteiger partial charge in [0.25, 0.3) is 5.56 Å². The number of hydrogen-bond donors (Lipinski definition) is 1. The molecule has 0 amide bonds. The Hall–Kier alpha value is -3.32. The highest BCUT2D eigenvalue weighted by molar-refractivity contribution is 7.88. The SMILES string of the molecule is Cc1cc(-c2cc(Cl)ccc2OCCn2c(C)nc3c(c2=O)CC(N(C)S(C)(=O)=O)CC3)c2scc(C(=O)O)c2n1. The third-order valence-corrected chi connectivity index (χ3v) is 10.00. The first-order chi connectivity index (χ1) is 19.3.